The summed E-state index contributed by atoms with van der Waals surface area (Å²) in [5, 5.41) is 0. The molecule has 0 aliphatic heterocycles. The Kier molecular flexibility index (Phi) is 2.98. The molecule has 0 unspecified atom stereocenters. The smallest absolute Gasteiger partial charge is 0.178 e. The Morgan fingerprint density at radius 1 is 1.18 bits per heavy atom. The first-order valence-corrected chi connectivity index (χ1v) is 6.14. The van der Waals surface area contributed by atoms with Gasteiger partial charge in [0.1, 0.15) is 0 Å². The van der Waals surface area contributed by atoms with E-state index in [0.29, 0.717) is 0 Å². The van der Waals surface area contributed by atoms with Gasteiger partial charge in [-0.05, 0) is 51.3 Å². The van der Waals surface area contributed by atoms with Gasteiger partial charge in [-0.25, -0.2) is 0 Å². The second kappa shape index (κ2) is 4.17. The summed E-state index contributed by atoms with van der Waals surface area (Å²) in [5.74, 6) is 1.25. The highest BCUT2D eigenvalue weighted by Gasteiger charge is 2.39. The van der Waals surface area contributed by atoms with Crippen LogP contribution in [0.2, 0.25) is 0 Å². The molecule has 0 atom stereocenters. The van der Waals surface area contributed by atoms with Crippen molar-refractivity contribution in [2.75, 3.05) is 7.11 Å². The molecule has 0 fully saturated rings. The molecule has 0 aromatic heterocycles. The van der Waals surface area contributed by atoms with E-state index in [2.05, 4.69) is 20.8 Å². The van der Waals surface area contributed by atoms with Crippen LogP contribution in [0.4, 0.5) is 0 Å². The summed E-state index contributed by atoms with van der Waals surface area (Å²) in [6.07, 6.45) is 6.57. The van der Waals surface area contributed by atoms with E-state index in [-0.39, 0.29) is 11.2 Å². The second-order valence-electron chi connectivity index (χ2n) is 5.22. The summed E-state index contributed by atoms with van der Waals surface area (Å²) >= 11 is 0. The van der Waals surface area contributed by atoms with Crippen LogP contribution in [0.1, 0.15) is 40.0 Å². The zero-order valence-electron chi connectivity index (χ0n) is 11.1. The predicted octanol–water partition coefficient (Wildman–Crippen LogP) is 3.55. The first-order chi connectivity index (χ1) is 7.99. The third-order valence-electron chi connectivity index (χ3n) is 4.30. The lowest BCUT2D eigenvalue weighted by Crippen LogP contribution is -2.31. The highest BCUT2D eigenvalue weighted by molar-refractivity contribution is 6.01. The van der Waals surface area contributed by atoms with Gasteiger partial charge in [0.2, 0.25) is 0 Å². The van der Waals surface area contributed by atoms with E-state index in [1.54, 1.807) is 19.3 Å². The molecule has 0 amide bonds. The summed E-state index contributed by atoms with van der Waals surface area (Å²) in [5.41, 5.74) is 3.79. The van der Waals surface area contributed by atoms with E-state index < -0.39 is 0 Å². The summed E-state index contributed by atoms with van der Waals surface area (Å²) in [6, 6.07) is 0. The maximum Gasteiger partial charge on any atom is 0.178 e. The van der Waals surface area contributed by atoms with Gasteiger partial charge in [0, 0.05) is 11.8 Å². The van der Waals surface area contributed by atoms with E-state index >= 15 is 0 Å². The number of hydrogen-bond acceptors (Lipinski definition) is 2. The maximum atomic E-state index is 11.5. The number of ether oxygens (including phenoxy) is 1. The first kappa shape index (κ1) is 12.2. The van der Waals surface area contributed by atoms with Gasteiger partial charge in [0.15, 0.2) is 5.78 Å². The highest BCUT2D eigenvalue weighted by Crippen LogP contribution is 2.50. The van der Waals surface area contributed by atoms with Crippen molar-refractivity contribution in [2.45, 2.75) is 40.0 Å². The average Bonchev–Trinajstić information content (AvgIpc) is 2.26. The van der Waals surface area contributed by atoms with Crippen LogP contribution >= 0.6 is 0 Å². The number of methoxy groups -OCH3 is 1. The second-order valence-corrected chi connectivity index (χ2v) is 5.22. The molecule has 0 saturated heterocycles. The third-order valence-corrected chi connectivity index (χ3v) is 4.30. The summed E-state index contributed by atoms with van der Waals surface area (Å²) < 4.78 is 5.40. The van der Waals surface area contributed by atoms with Gasteiger partial charge in [0.05, 0.1) is 12.9 Å². The van der Waals surface area contributed by atoms with Crippen molar-refractivity contribution in [1.82, 2.24) is 0 Å². The molecule has 0 heterocycles. The molecule has 0 radical (unpaired) electrons. The minimum Gasteiger partial charge on any atom is -0.501 e. The lowest BCUT2D eigenvalue weighted by atomic mass is 9.63. The van der Waals surface area contributed by atoms with Gasteiger partial charge < -0.3 is 4.74 Å². The Hall–Kier alpha value is -1.31. The van der Waals surface area contributed by atoms with E-state index in [0.717, 1.165) is 25.0 Å². The minimum absolute atomic E-state index is 0.0695. The number of hydrogen-bond donors (Lipinski definition) is 0. The van der Waals surface area contributed by atoms with Crippen LogP contribution in [0.5, 0.6) is 0 Å². The Morgan fingerprint density at radius 3 is 2.24 bits per heavy atom. The standard InChI is InChI=1S/C15H20O2/c1-10-9-15(6-5-14(10)17-4)11(2)7-13(16)8-12(15)3/h7-8H,5-6,9H2,1-4H3. The molecule has 0 N–H and O–H groups in total. The Balaban J connectivity index is 2.40. The molecular weight excluding hydrogens is 212 g/mol. The molecule has 0 saturated carbocycles. The fraction of sp³-hybridized carbons (Fsp3) is 0.533. The van der Waals surface area contributed by atoms with Gasteiger partial charge in [-0.2, -0.15) is 0 Å². The quantitative estimate of drug-likeness (QED) is 0.691. The van der Waals surface area contributed by atoms with Gasteiger partial charge in [0.25, 0.3) is 0 Å². The minimum atomic E-state index is 0.0695. The molecule has 92 valence electrons. The van der Waals surface area contributed by atoms with Crippen LogP contribution in [0, 0.1) is 5.41 Å². The summed E-state index contributed by atoms with van der Waals surface area (Å²) in [6.45, 7) is 6.30. The fourth-order valence-corrected chi connectivity index (χ4v) is 3.19. The molecule has 2 nitrogen and oxygen atoms in total. The molecule has 0 aromatic rings. The zero-order valence-corrected chi connectivity index (χ0v) is 11.1. The molecule has 17 heavy (non-hydrogen) atoms. The van der Waals surface area contributed by atoms with Crippen LogP contribution in [0.3, 0.4) is 0 Å². The van der Waals surface area contributed by atoms with Crippen LogP contribution in [-0.4, -0.2) is 12.9 Å². The van der Waals surface area contributed by atoms with E-state index in [4.69, 9.17) is 4.74 Å². The Bertz CT molecular complexity index is 428. The largest absolute Gasteiger partial charge is 0.501 e. The number of carbonyl (C=O) groups is 1. The van der Waals surface area contributed by atoms with E-state index in [9.17, 15) is 4.79 Å². The number of rotatable bonds is 1. The van der Waals surface area contributed by atoms with Crippen LogP contribution in [0.25, 0.3) is 0 Å². The molecule has 2 rings (SSSR count). The molecule has 0 aromatic carbocycles. The number of allylic oxidation sites excluding steroid dienone is 6. The van der Waals surface area contributed by atoms with Gasteiger partial charge in [-0.15, -0.1) is 0 Å². The molecule has 2 heteroatoms. The van der Waals surface area contributed by atoms with Crippen molar-refractivity contribution < 1.29 is 9.53 Å². The lowest BCUT2D eigenvalue weighted by Gasteiger charge is -2.41. The molecular formula is C15H20O2. The van der Waals surface area contributed by atoms with Crippen molar-refractivity contribution >= 4 is 5.78 Å². The SMILES string of the molecule is COC1=C(C)CC2(CC1)C(C)=CC(=O)C=C2C. The van der Waals surface area contributed by atoms with E-state index in [1.807, 2.05) is 0 Å². The van der Waals surface area contributed by atoms with Crippen molar-refractivity contribution in [3.05, 3.63) is 34.6 Å². The predicted molar refractivity (Wildman–Crippen MR) is 68.5 cm³/mol. The molecule has 2 aliphatic carbocycles. The van der Waals surface area contributed by atoms with Crippen molar-refractivity contribution in [1.29, 1.82) is 0 Å². The average molecular weight is 232 g/mol. The van der Waals surface area contributed by atoms with Crippen LogP contribution in [0.15, 0.2) is 34.6 Å². The Labute approximate surface area is 103 Å². The summed E-state index contributed by atoms with van der Waals surface area (Å²) in [4.78, 5) is 11.5. The highest BCUT2D eigenvalue weighted by atomic mass is 16.5. The van der Waals surface area contributed by atoms with Gasteiger partial charge >= 0.3 is 0 Å². The van der Waals surface area contributed by atoms with E-state index in [1.165, 1.54) is 16.7 Å². The third kappa shape index (κ3) is 1.86. The topological polar surface area (TPSA) is 26.3 Å². The fourth-order valence-electron chi connectivity index (χ4n) is 3.19. The molecule has 1 spiro atoms. The van der Waals surface area contributed by atoms with Crippen molar-refractivity contribution in [2.24, 2.45) is 5.41 Å². The normalized spacial score (nSPS) is 23.6. The van der Waals surface area contributed by atoms with Gasteiger partial charge in [-0.1, -0.05) is 11.1 Å². The van der Waals surface area contributed by atoms with Crippen molar-refractivity contribution in [3.8, 4) is 0 Å². The molecule has 2 aliphatic rings. The maximum absolute atomic E-state index is 11.5. The summed E-state index contributed by atoms with van der Waals surface area (Å²) in [7, 11) is 1.74. The van der Waals surface area contributed by atoms with Crippen molar-refractivity contribution in [3.63, 3.8) is 0 Å². The monoisotopic (exact) mass is 232 g/mol. The number of ketones is 1. The zero-order chi connectivity index (χ0) is 12.6. The van der Waals surface area contributed by atoms with Crippen LogP contribution in [-0.2, 0) is 9.53 Å². The van der Waals surface area contributed by atoms with Gasteiger partial charge in [-0.3, -0.25) is 4.79 Å². The van der Waals surface area contributed by atoms with Crippen LogP contribution < -0.4 is 0 Å². The molecule has 0 bridgehead atoms. The number of carbonyl (C=O) groups excluding carboxylic acids is 1. The first-order valence-electron chi connectivity index (χ1n) is 6.14. The lowest BCUT2D eigenvalue weighted by molar-refractivity contribution is -0.110. The Morgan fingerprint density at radius 2 is 1.76 bits per heavy atom.